The standard InChI is InChI=1S/C11H15NOS/c1-2-13-10-5-3-9(4-6-10)11-12-7-8-14-11/h3-6,11-12H,2,7-8H2,1H3. The number of hydrogen-bond donors (Lipinski definition) is 1. The molecule has 76 valence electrons. The highest BCUT2D eigenvalue weighted by atomic mass is 32.2. The Balaban J connectivity index is 2.05. The van der Waals surface area contributed by atoms with Crippen molar-refractivity contribution in [1.29, 1.82) is 0 Å². The van der Waals surface area contributed by atoms with Crippen LogP contribution in [-0.4, -0.2) is 18.9 Å². The predicted molar refractivity (Wildman–Crippen MR) is 60.8 cm³/mol. The Morgan fingerprint density at radius 1 is 1.43 bits per heavy atom. The molecule has 0 radical (unpaired) electrons. The fourth-order valence-corrected chi connectivity index (χ4v) is 2.60. The van der Waals surface area contributed by atoms with Crippen molar-refractivity contribution < 1.29 is 4.74 Å². The molecule has 0 spiro atoms. The first kappa shape index (κ1) is 9.87. The second kappa shape index (κ2) is 4.71. The van der Waals surface area contributed by atoms with Gasteiger partial charge in [0.25, 0.3) is 0 Å². The van der Waals surface area contributed by atoms with Gasteiger partial charge in [-0.05, 0) is 24.6 Å². The smallest absolute Gasteiger partial charge is 0.119 e. The number of rotatable bonds is 3. The van der Waals surface area contributed by atoms with Crippen molar-refractivity contribution in [1.82, 2.24) is 5.32 Å². The molecule has 1 aliphatic heterocycles. The Morgan fingerprint density at radius 3 is 2.79 bits per heavy atom. The van der Waals surface area contributed by atoms with Gasteiger partial charge in [0, 0.05) is 12.3 Å². The van der Waals surface area contributed by atoms with Crippen molar-refractivity contribution in [2.75, 3.05) is 18.9 Å². The zero-order valence-corrected chi connectivity index (χ0v) is 9.14. The molecule has 1 aromatic carbocycles. The van der Waals surface area contributed by atoms with Gasteiger partial charge in [0.15, 0.2) is 0 Å². The van der Waals surface area contributed by atoms with Crippen LogP contribution in [0.3, 0.4) is 0 Å². The summed E-state index contributed by atoms with van der Waals surface area (Å²) in [5.41, 5.74) is 1.34. The second-order valence-corrected chi connectivity index (χ2v) is 4.42. The first-order valence-corrected chi connectivity index (χ1v) is 6.03. The van der Waals surface area contributed by atoms with Crippen molar-refractivity contribution in [3.05, 3.63) is 29.8 Å². The molecule has 0 aromatic heterocycles. The lowest BCUT2D eigenvalue weighted by molar-refractivity contribution is 0.340. The molecule has 3 heteroatoms. The molecule has 1 N–H and O–H groups in total. The number of ether oxygens (including phenoxy) is 1. The minimum absolute atomic E-state index is 0.477. The Labute approximate surface area is 89.0 Å². The Morgan fingerprint density at radius 2 is 2.21 bits per heavy atom. The summed E-state index contributed by atoms with van der Waals surface area (Å²) in [6.45, 7) is 3.85. The maximum atomic E-state index is 5.40. The van der Waals surface area contributed by atoms with Gasteiger partial charge in [-0.2, -0.15) is 0 Å². The van der Waals surface area contributed by atoms with E-state index in [2.05, 4.69) is 17.4 Å². The lowest BCUT2D eigenvalue weighted by Crippen LogP contribution is -2.11. The number of thioether (sulfide) groups is 1. The molecule has 0 amide bonds. The van der Waals surface area contributed by atoms with E-state index in [1.165, 1.54) is 11.3 Å². The van der Waals surface area contributed by atoms with Crippen LogP contribution in [0.2, 0.25) is 0 Å². The van der Waals surface area contributed by atoms with Crippen LogP contribution in [0.1, 0.15) is 17.9 Å². The Hall–Kier alpha value is -0.670. The van der Waals surface area contributed by atoms with Crippen LogP contribution in [0.15, 0.2) is 24.3 Å². The predicted octanol–water partition coefficient (Wildman–Crippen LogP) is 2.42. The molecule has 1 unspecified atom stereocenters. The van der Waals surface area contributed by atoms with Gasteiger partial charge in [-0.25, -0.2) is 0 Å². The highest BCUT2D eigenvalue weighted by molar-refractivity contribution is 7.99. The Kier molecular flexibility index (Phi) is 3.32. The van der Waals surface area contributed by atoms with Crippen molar-refractivity contribution in [2.45, 2.75) is 12.3 Å². The number of nitrogens with one attached hydrogen (secondary N) is 1. The van der Waals surface area contributed by atoms with Crippen LogP contribution in [0, 0.1) is 0 Å². The molecular formula is C11H15NOS. The molecule has 1 aromatic rings. The minimum Gasteiger partial charge on any atom is -0.494 e. The summed E-state index contributed by atoms with van der Waals surface area (Å²) in [5.74, 6) is 2.16. The highest BCUT2D eigenvalue weighted by Crippen LogP contribution is 2.30. The fraction of sp³-hybridized carbons (Fsp3) is 0.455. The largest absolute Gasteiger partial charge is 0.494 e. The van der Waals surface area contributed by atoms with E-state index in [0.29, 0.717) is 5.37 Å². The van der Waals surface area contributed by atoms with Gasteiger partial charge in [-0.3, -0.25) is 0 Å². The SMILES string of the molecule is CCOc1ccc(C2NCCS2)cc1. The molecular weight excluding hydrogens is 194 g/mol. The van der Waals surface area contributed by atoms with Crippen molar-refractivity contribution >= 4 is 11.8 Å². The summed E-state index contributed by atoms with van der Waals surface area (Å²) < 4.78 is 5.40. The van der Waals surface area contributed by atoms with Crippen LogP contribution in [0.4, 0.5) is 0 Å². The monoisotopic (exact) mass is 209 g/mol. The summed E-state index contributed by atoms with van der Waals surface area (Å²) in [4.78, 5) is 0. The molecule has 1 saturated heterocycles. The van der Waals surface area contributed by atoms with E-state index in [9.17, 15) is 0 Å². The molecule has 1 fully saturated rings. The number of benzene rings is 1. The van der Waals surface area contributed by atoms with Crippen molar-refractivity contribution in [3.8, 4) is 5.75 Å². The van der Waals surface area contributed by atoms with Crippen LogP contribution in [0.25, 0.3) is 0 Å². The quantitative estimate of drug-likeness (QED) is 0.826. The molecule has 0 aliphatic carbocycles. The lowest BCUT2D eigenvalue weighted by atomic mass is 10.2. The van der Waals surface area contributed by atoms with Gasteiger partial charge in [-0.15, -0.1) is 11.8 Å². The van der Waals surface area contributed by atoms with Gasteiger partial charge in [0.1, 0.15) is 5.75 Å². The average Bonchev–Trinajstić information content (AvgIpc) is 2.72. The van der Waals surface area contributed by atoms with Crippen LogP contribution in [-0.2, 0) is 0 Å². The fourth-order valence-electron chi connectivity index (χ4n) is 1.55. The third kappa shape index (κ3) is 2.22. The molecule has 1 heterocycles. The molecule has 0 saturated carbocycles. The van der Waals surface area contributed by atoms with E-state index in [1.54, 1.807) is 0 Å². The maximum absolute atomic E-state index is 5.40. The average molecular weight is 209 g/mol. The zero-order valence-electron chi connectivity index (χ0n) is 8.32. The summed E-state index contributed by atoms with van der Waals surface area (Å²) in [5, 5.41) is 3.92. The molecule has 0 bridgehead atoms. The molecule has 1 atom stereocenters. The third-order valence-electron chi connectivity index (χ3n) is 2.21. The van der Waals surface area contributed by atoms with Gasteiger partial charge < -0.3 is 10.1 Å². The first-order chi connectivity index (χ1) is 6.90. The van der Waals surface area contributed by atoms with Gasteiger partial charge in [0.2, 0.25) is 0 Å². The Bertz CT molecular complexity index is 280. The summed E-state index contributed by atoms with van der Waals surface area (Å²) >= 11 is 1.96. The van der Waals surface area contributed by atoms with Crippen LogP contribution in [0.5, 0.6) is 5.75 Å². The molecule has 14 heavy (non-hydrogen) atoms. The summed E-state index contributed by atoms with van der Waals surface area (Å²) in [6, 6.07) is 8.36. The highest BCUT2D eigenvalue weighted by Gasteiger charge is 2.15. The lowest BCUT2D eigenvalue weighted by Gasteiger charge is -2.10. The van der Waals surface area contributed by atoms with E-state index in [1.807, 2.05) is 30.8 Å². The van der Waals surface area contributed by atoms with Gasteiger partial charge in [-0.1, -0.05) is 12.1 Å². The van der Waals surface area contributed by atoms with E-state index < -0.39 is 0 Å². The van der Waals surface area contributed by atoms with E-state index in [-0.39, 0.29) is 0 Å². The van der Waals surface area contributed by atoms with Crippen LogP contribution < -0.4 is 10.1 Å². The first-order valence-electron chi connectivity index (χ1n) is 4.98. The topological polar surface area (TPSA) is 21.3 Å². The summed E-state index contributed by atoms with van der Waals surface area (Å²) in [6.07, 6.45) is 0. The number of hydrogen-bond acceptors (Lipinski definition) is 3. The van der Waals surface area contributed by atoms with Crippen molar-refractivity contribution in [3.63, 3.8) is 0 Å². The third-order valence-corrected chi connectivity index (χ3v) is 3.42. The maximum Gasteiger partial charge on any atom is 0.119 e. The van der Waals surface area contributed by atoms with E-state index in [0.717, 1.165) is 18.9 Å². The van der Waals surface area contributed by atoms with Crippen LogP contribution >= 0.6 is 11.8 Å². The molecule has 2 rings (SSSR count). The van der Waals surface area contributed by atoms with E-state index in [4.69, 9.17) is 4.74 Å². The zero-order chi connectivity index (χ0) is 9.80. The molecule has 1 aliphatic rings. The minimum atomic E-state index is 0.477. The summed E-state index contributed by atoms with van der Waals surface area (Å²) in [7, 11) is 0. The normalized spacial score (nSPS) is 21.1. The van der Waals surface area contributed by atoms with Crippen molar-refractivity contribution in [2.24, 2.45) is 0 Å². The molecule has 2 nitrogen and oxygen atoms in total. The second-order valence-electron chi connectivity index (χ2n) is 3.21. The van der Waals surface area contributed by atoms with E-state index >= 15 is 0 Å². The van der Waals surface area contributed by atoms with Gasteiger partial charge in [0.05, 0.1) is 12.0 Å². The van der Waals surface area contributed by atoms with Gasteiger partial charge >= 0.3 is 0 Å².